The molecule has 2 heterocycles. The number of carbonyl (C=O) groups is 1. The molecular formula is C23H20N2OS2. The summed E-state index contributed by atoms with van der Waals surface area (Å²) in [4.78, 5) is 14.9. The Hall–Kier alpha value is -2.76. The number of anilines is 1. The number of carbonyl (C=O) groups excluding carboxylic acids is 1. The van der Waals surface area contributed by atoms with Gasteiger partial charge in [-0.25, -0.2) is 0 Å². The average molecular weight is 405 g/mol. The number of hydrogen-bond acceptors (Lipinski definition) is 3. The molecule has 0 fully saturated rings. The van der Waals surface area contributed by atoms with Crippen molar-refractivity contribution >= 4 is 34.7 Å². The molecule has 0 aliphatic rings. The molecular weight excluding hydrogens is 384 g/mol. The Morgan fingerprint density at radius 2 is 1.79 bits per heavy atom. The molecule has 0 bridgehead atoms. The molecule has 28 heavy (non-hydrogen) atoms. The zero-order chi connectivity index (χ0) is 19.5. The summed E-state index contributed by atoms with van der Waals surface area (Å²) in [5.74, 6) is -0.0923. The highest BCUT2D eigenvalue weighted by Gasteiger charge is 2.20. The predicted octanol–water partition coefficient (Wildman–Crippen LogP) is 6.49. The van der Waals surface area contributed by atoms with Gasteiger partial charge in [-0.3, -0.25) is 4.79 Å². The van der Waals surface area contributed by atoms with Crippen molar-refractivity contribution in [1.29, 1.82) is 0 Å². The van der Waals surface area contributed by atoms with Crippen LogP contribution in [0.4, 0.5) is 5.69 Å². The topological polar surface area (TPSA) is 34.0 Å². The van der Waals surface area contributed by atoms with Crippen LogP contribution in [0.3, 0.4) is 0 Å². The highest BCUT2D eigenvalue weighted by Crippen LogP contribution is 2.35. The lowest BCUT2D eigenvalue weighted by molar-refractivity contribution is 0.103. The maximum absolute atomic E-state index is 13.1. The van der Waals surface area contributed by atoms with Gasteiger partial charge in [-0.1, -0.05) is 35.9 Å². The van der Waals surface area contributed by atoms with Gasteiger partial charge in [0.05, 0.1) is 5.69 Å². The van der Waals surface area contributed by atoms with Crippen molar-refractivity contribution < 1.29 is 4.79 Å². The molecule has 0 aliphatic heterocycles. The molecule has 2 aromatic carbocycles. The standard InChI is InChI=1S/C23H20N2OS2/c1-16-8-10-17(11-9-16)20-15-28-22(21(20)25-12-3-4-13-25)23(26)24-18-6-5-7-19(14-18)27-2/h3-15H,1-2H3,(H,24,26). The van der Waals surface area contributed by atoms with Crippen LogP contribution in [0.5, 0.6) is 0 Å². The molecule has 4 aromatic rings. The Bertz CT molecular complexity index is 1100. The molecule has 0 atom stereocenters. The monoisotopic (exact) mass is 404 g/mol. The van der Waals surface area contributed by atoms with Crippen molar-refractivity contribution in [3.05, 3.63) is 88.9 Å². The fourth-order valence-corrected chi connectivity index (χ4v) is 4.51. The molecule has 0 radical (unpaired) electrons. The quantitative estimate of drug-likeness (QED) is 0.386. The number of aromatic nitrogens is 1. The number of nitrogens with one attached hydrogen (secondary N) is 1. The third kappa shape index (κ3) is 3.77. The van der Waals surface area contributed by atoms with E-state index < -0.39 is 0 Å². The second kappa shape index (κ2) is 8.09. The maximum Gasteiger partial charge on any atom is 0.267 e. The van der Waals surface area contributed by atoms with E-state index >= 15 is 0 Å². The van der Waals surface area contributed by atoms with Gasteiger partial charge in [0.1, 0.15) is 4.88 Å². The second-order valence-corrected chi connectivity index (χ2v) is 8.23. The van der Waals surface area contributed by atoms with Gasteiger partial charge in [0.15, 0.2) is 0 Å². The summed E-state index contributed by atoms with van der Waals surface area (Å²) < 4.78 is 2.01. The maximum atomic E-state index is 13.1. The molecule has 0 saturated heterocycles. The molecule has 5 heteroatoms. The number of rotatable bonds is 5. The molecule has 1 N–H and O–H groups in total. The highest BCUT2D eigenvalue weighted by molar-refractivity contribution is 7.98. The van der Waals surface area contributed by atoms with Crippen LogP contribution >= 0.6 is 23.1 Å². The van der Waals surface area contributed by atoms with Crippen LogP contribution in [0.15, 0.2) is 83.3 Å². The number of nitrogens with zero attached hydrogens (tertiary/aromatic N) is 1. The minimum atomic E-state index is -0.0923. The van der Waals surface area contributed by atoms with E-state index in [-0.39, 0.29) is 5.91 Å². The molecule has 140 valence electrons. The lowest BCUT2D eigenvalue weighted by atomic mass is 10.0. The molecule has 3 nitrogen and oxygen atoms in total. The van der Waals surface area contributed by atoms with Gasteiger partial charge in [0, 0.05) is 33.9 Å². The first kappa shape index (κ1) is 18.6. The van der Waals surface area contributed by atoms with Crippen LogP contribution in [-0.4, -0.2) is 16.7 Å². The van der Waals surface area contributed by atoms with Crippen molar-refractivity contribution in [1.82, 2.24) is 4.57 Å². The SMILES string of the molecule is CSc1cccc(NC(=O)c2scc(-c3ccc(C)cc3)c2-n2cccc2)c1. The Morgan fingerprint density at radius 3 is 2.50 bits per heavy atom. The Kier molecular flexibility index (Phi) is 5.37. The van der Waals surface area contributed by atoms with E-state index in [4.69, 9.17) is 0 Å². The van der Waals surface area contributed by atoms with Gasteiger partial charge in [0.2, 0.25) is 0 Å². The molecule has 4 rings (SSSR count). The predicted molar refractivity (Wildman–Crippen MR) is 120 cm³/mol. The van der Waals surface area contributed by atoms with E-state index in [9.17, 15) is 4.79 Å². The molecule has 0 saturated carbocycles. The third-order valence-electron chi connectivity index (χ3n) is 4.52. The lowest BCUT2D eigenvalue weighted by Gasteiger charge is -2.11. The Morgan fingerprint density at radius 1 is 1.04 bits per heavy atom. The van der Waals surface area contributed by atoms with E-state index in [1.54, 1.807) is 11.8 Å². The van der Waals surface area contributed by atoms with Crippen LogP contribution in [0, 0.1) is 6.92 Å². The number of hydrogen-bond donors (Lipinski definition) is 1. The van der Waals surface area contributed by atoms with Crippen LogP contribution in [0.25, 0.3) is 16.8 Å². The summed E-state index contributed by atoms with van der Waals surface area (Å²) in [6, 6.07) is 20.3. The molecule has 2 aromatic heterocycles. The van der Waals surface area contributed by atoms with Gasteiger partial charge in [0.25, 0.3) is 5.91 Å². The first-order valence-corrected chi connectivity index (χ1v) is 11.0. The largest absolute Gasteiger partial charge is 0.322 e. The number of thiophene rings is 1. The molecule has 1 amide bonds. The van der Waals surface area contributed by atoms with Crippen molar-refractivity contribution in [3.63, 3.8) is 0 Å². The lowest BCUT2D eigenvalue weighted by Crippen LogP contribution is -2.13. The average Bonchev–Trinajstić information content (AvgIpc) is 3.38. The van der Waals surface area contributed by atoms with Crippen LogP contribution in [-0.2, 0) is 0 Å². The normalized spacial score (nSPS) is 10.8. The van der Waals surface area contributed by atoms with Gasteiger partial charge < -0.3 is 9.88 Å². The minimum Gasteiger partial charge on any atom is -0.322 e. The molecule has 0 aliphatic carbocycles. The molecule has 0 spiro atoms. The van der Waals surface area contributed by atoms with E-state index in [1.165, 1.54) is 16.9 Å². The van der Waals surface area contributed by atoms with E-state index in [2.05, 4.69) is 41.9 Å². The minimum absolute atomic E-state index is 0.0923. The molecule has 0 unspecified atom stereocenters. The third-order valence-corrected chi connectivity index (χ3v) is 6.22. The summed E-state index contributed by atoms with van der Waals surface area (Å²) in [5, 5.41) is 5.12. The van der Waals surface area contributed by atoms with Gasteiger partial charge in [-0.15, -0.1) is 23.1 Å². The van der Waals surface area contributed by atoms with E-state index in [0.717, 1.165) is 27.4 Å². The first-order valence-electron chi connectivity index (χ1n) is 8.93. The van der Waals surface area contributed by atoms with Gasteiger partial charge >= 0.3 is 0 Å². The highest BCUT2D eigenvalue weighted by atomic mass is 32.2. The van der Waals surface area contributed by atoms with Crippen molar-refractivity contribution in [2.45, 2.75) is 11.8 Å². The summed E-state index contributed by atoms with van der Waals surface area (Å²) in [7, 11) is 0. The fraction of sp³-hybridized carbons (Fsp3) is 0.0870. The van der Waals surface area contributed by atoms with Gasteiger partial charge in [-0.05, 0) is 49.1 Å². The zero-order valence-electron chi connectivity index (χ0n) is 15.7. The van der Waals surface area contributed by atoms with E-state index in [1.807, 2.05) is 59.6 Å². The van der Waals surface area contributed by atoms with Crippen molar-refractivity contribution in [2.75, 3.05) is 11.6 Å². The number of amides is 1. The van der Waals surface area contributed by atoms with Gasteiger partial charge in [-0.2, -0.15) is 0 Å². The zero-order valence-corrected chi connectivity index (χ0v) is 17.3. The summed E-state index contributed by atoms with van der Waals surface area (Å²) >= 11 is 3.13. The Labute approximate surface area is 173 Å². The van der Waals surface area contributed by atoms with Crippen LogP contribution < -0.4 is 5.32 Å². The number of benzene rings is 2. The summed E-state index contributed by atoms with van der Waals surface area (Å²) in [5.41, 5.74) is 5.10. The van der Waals surface area contributed by atoms with Crippen LogP contribution in [0.2, 0.25) is 0 Å². The first-order chi connectivity index (χ1) is 13.7. The fourth-order valence-electron chi connectivity index (χ4n) is 3.08. The van der Waals surface area contributed by atoms with Crippen molar-refractivity contribution in [2.24, 2.45) is 0 Å². The smallest absolute Gasteiger partial charge is 0.267 e. The van der Waals surface area contributed by atoms with E-state index in [0.29, 0.717) is 4.88 Å². The van der Waals surface area contributed by atoms with Crippen molar-refractivity contribution in [3.8, 4) is 16.8 Å². The number of thioether (sulfide) groups is 1. The summed E-state index contributed by atoms with van der Waals surface area (Å²) in [6.07, 6.45) is 5.98. The Balaban J connectivity index is 1.74. The summed E-state index contributed by atoms with van der Waals surface area (Å²) in [6.45, 7) is 2.08. The second-order valence-electron chi connectivity index (χ2n) is 6.47. The number of aryl methyl sites for hydroxylation is 1. The van der Waals surface area contributed by atoms with Crippen LogP contribution in [0.1, 0.15) is 15.2 Å².